The normalized spacial score (nSPS) is 15.6. The number of hydrogen-bond donors (Lipinski definition) is 1. The zero-order valence-electron chi connectivity index (χ0n) is 7.76. The lowest BCUT2D eigenvalue weighted by molar-refractivity contribution is -0.115. The van der Waals surface area contributed by atoms with Crippen molar-refractivity contribution in [1.82, 2.24) is 5.32 Å². The van der Waals surface area contributed by atoms with Crippen LogP contribution in [0.2, 0.25) is 10.0 Å². The number of imide groups is 1. The lowest BCUT2D eigenvalue weighted by Gasteiger charge is -2.13. The van der Waals surface area contributed by atoms with E-state index in [4.69, 9.17) is 23.2 Å². The van der Waals surface area contributed by atoms with Crippen LogP contribution in [0.1, 0.15) is 0 Å². The number of hydrogen-bond acceptors (Lipinski definition) is 2. The minimum atomic E-state index is -0.779. The van der Waals surface area contributed by atoms with E-state index in [-0.39, 0.29) is 22.3 Å². The number of carbonyl (C=O) groups is 2. The van der Waals surface area contributed by atoms with Crippen LogP contribution in [0, 0.1) is 5.82 Å². The van der Waals surface area contributed by atoms with Crippen molar-refractivity contribution >= 4 is 40.8 Å². The van der Waals surface area contributed by atoms with Gasteiger partial charge in [0.25, 0.3) is 5.91 Å². The highest BCUT2D eigenvalue weighted by atomic mass is 35.5. The molecule has 0 aromatic heterocycles. The molecule has 0 bridgehead atoms. The van der Waals surface area contributed by atoms with Crippen molar-refractivity contribution in [2.24, 2.45) is 0 Å². The van der Waals surface area contributed by atoms with Gasteiger partial charge in [-0.3, -0.25) is 4.79 Å². The molecular weight excluding hydrogens is 258 g/mol. The van der Waals surface area contributed by atoms with Gasteiger partial charge in [-0.2, -0.15) is 0 Å². The Balaban J connectivity index is 2.48. The van der Waals surface area contributed by atoms with Gasteiger partial charge in [-0.05, 0) is 12.1 Å². The summed E-state index contributed by atoms with van der Waals surface area (Å²) in [5, 5.41) is 1.85. The molecule has 1 aliphatic rings. The predicted molar refractivity (Wildman–Crippen MR) is 57.3 cm³/mol. The summed E-state index contributed by atoms with van der Waals surface area (Å²) in [4.78, 5) is 23.5. The highest BCUT2D eigenvalue weighted by Crippen LogP contribution is 2.30. The molecule has 4 nitrogen and oxygen atoms in total. The summed E-state index contributed by atoms with van der Waals surface area (Å²) in [6.07, 6.45) is 0. The Morgan fingerprint density at radius 2 is 1.81 bits per heavy atom. The van der Waals surface area contributed by atoms with Crippen LogP contribution >= 0.6 is 23.2 Å². The molecule has 1 aliphatic heterocycles. The van der Waals surface area contributed by atoms with Crippen molar-refractivity contribution in [3.05, 3.63) is 28.0 Å². The number of urea groups is 1. The second kappa shape index (κ2) is 3.92. The molecule has 1 heterocycles. The molecule has 0 saturated carbocycles. The number of rotatable bonds is 1. The maximum atomic E-state index is 13.1. The Hall–Kier alpha value is -1.33. The third-order valence-electron chi connectivity index (χ3n) is 2.07. The van der Waals surface area contributed by atoms with E-state index in [1.807, 2.05) is 0 Å². The first-order valence-corrected chi connectivity index (χ1v) is 5.01. The van der Waals surface area contributed by atoms with E-state index in [2.05, 4.69) is 5.32 Å². The summed E-state index contributed by atoms with van der Waals surface area (Å²) in [6.45, 7) is -0.0918. The molecule has 0 spiro atoms. The minimum absolute atomic E-state index is 0.0918. The van der Waals surface area contributed by atoms with Crippen molar-refractivity contribution in [3.8, 4) is 0 Å². The van der Waals surface area contributed by atoms with Gasteiger partial charge in [0.1, 0.15) is 0 Å². The molecule has 0 atom stereocenters. The van der Waals surface area contributed by atoms with E-state index in [9.17, 15) is 14.0 Å². The van der Waals surface area contributed by atoms with Crippen molar-refractivity contribution in [3.63, 3.8) is 0 Å². The summed E-state index contributed by atoms with van der Waals surface area (Å²) in [6, 6.07) is 1.76. The van der Waals surface area contributed by atoms with Crippen LogP contribution in [0.5, 0.6) is 0 Å². The maximum absolute atomic E-state index is 13.1. The number of anilines is 1. The van der Waals surface area contributed by atoms with Gasteiger partial charge in [0.05, 0.1) is 22.3 Å². The summed E-state index contributed by atoms with van der Waals surface area (Å²) in [7, 11) is 0. The fraction of sp³-hybridized carbons (Fsp3) is 0.111. The number of carbonyl (C=O) groups excluding carboxylic acids is 2. The molecule has 84 valence electrons. The molecule has 1 saturated heterocycles. The van der Waals surface area contributed by atoms with E-state index in [0.717, 1.165) is 4.90 Å². The van der Waals surface area contributed by atoms with E-state index < -0.39 is 17.8 Å². The zero-order valence-corrected chi connectivity index (χ0v) is 9.27. The van der Waals surface area contributed by atoms with Crippen LogP contribution in [-0.2, 0) is 4.79 Å². The van der Waals surface area contributed by atoms with Crippen molar-refractivity contribution in [2.45, 2.75) is 0 Å². The number of nitrogens with zero attached hydrogens (tertiary/aromatic N) is 1. The van der Waals surface area contributed by atoms with Gasteiger partial charge in [0, 0.05) is 0 Å². The van der Waals surface area contributed by atoms with Gasteiger partial charge < -0.3 is 5.32 Å². The monoisotopic (exact) mass is 262 g/mol. The average Bonchev–Trinajstić information content (AvgIpc) is 2.54. The Bertz CT molecular complexity index is 453. The van der Waals surface area contributed by atoms with E-state index >= 15 is 0 Å². The van der Waals surface area contributed by atoms with Crippen LogP contribution in [0.15, 0.2) is 12.1 Å². The van der Waals surface area contributed by atoms with Crippen LogP contribution in [-0.4, -0.2) is 18.5 Å². The smallest absolute Gasteiger partial charge is 0.328 e. The molecule has 2 rings (SSSR count). The quantitative estimate of drug-likeness (QED) is 0.623. The van der Waals surface area contributed by atoms with E-state index in [0.29, 0.717) is 0 Å². The number of halogens is 3. The summed E-state index contributed by atoms with van der Waals surface area (Å²) in [5.74, 6) is -1.22. The van der Waals surface area contributed by atoms with Gasteiger partial charge >= 0.3 is 6.03 Å². The first kappa shape index (κ1) is 11.2. The topological polar surface area (TPSA) is 49.4 Å². The molecule has 0 unspecified atom stereocenters. The highest BCUT2D eigenvalue weighted by Gasteiger charge is 2.30. The van der Waals surface area contributed by atoms with Gasteiger partial charge in [-0.1, -0.05) is 23.2 Å². The molecule has 1 fully saturated rings. The number of benzene rings is 1. The molecule has 16 heavy (non-hydrogen) atoms. The molecule has 1 N–H and O–H groups in total. The summed E-state index contributed by atoms with van der Waals surface area (Å²) >= 11 is 11.1. The van der Waals surface area contributed by atoms with Crippen LogP contribution < -0.4 is 10.2 Å². The Kier molecular flexibility index (Phi) is 2.73. The highest BCUT2D eigenvalue weighted by molar-refractivity contribution is 6.36. The Morgan fingerprint density at radius 3 is 2.25 bits per heavy atom. The molecule has 7 heteroatoms. The zero-order chi connectivity index (χ0) is 11.9. The lowest BCUT2D eigenvalue weighted by atomic mass is 10.3. The SMILES string of the molecule is O=C1CNC(=O)N1c1cc(Cl)c(F)c(Cl)c1. The van der Waals surface area contributed by atoms with Crippen molar-refractivity contribution < 1.29 is 14.0 Å². The van der Waals surface area contributed by atoms with Crippen molar-refractivity contribution in [2.75, 3.05) is 11.4 Å². The van der Waals surface area contributed by atoms with E-state index in [1.165, 1.54) is 12.1 Å². The minimum Gasteiger partial charge on any atom is -0.328 e. The summed E-state index contributed by atoms with van der Waals surface area (Å²) < 4.78 is 13.1. The van der Waals surface area contributed by atoms with Gasteiger partial charge in [-0.25, -0.2) is 14.1 Å². The molecule has 1 aromatic rings. The average molecular weight is 263 g/mol. The second-order valence-corrected chi connectivity index (χ2v) is 3.93. The second-order valence-electron chi connectivity index (χ2n) is 3.11. The first-order valence-electron chi connectivity index (χ1n) is 4.26. The largest absolute Gasteiger partial charge is 0.329 e. The molecule has 0 aliphatic carbocycles. The molecule has 1 aromatic carbocycles. The Labute approximate surface area is 99.9 Å². The third kappa shape index (κ3) is 1.72. The first-order chi connectivity index (χ1) is 7.50. The van der Waals surface area contributed by atoms with Crippen LogP contribution in [0.25, 0.3) is 0 Å². The van der Waals surface area contributed by atoms with Crippen molar-refractivity contribution in [1.29, 1.82) is 0 Å². The standard InChI is InChI=1S/C9H5Cl2FN2O2/c10-5-1-4(2-6(11)8(5)12)14-7(15)3-13-9(14)16/h1-2H,3H2,(H,13,16). The van der Waals surface area contributed by atoms with Crippen LogP contribution in [0.3, 0.4) is 0 Å². The van der Waals surface area contributed by atoms with Gasteiger partial charge in [0.2, 0.25) is 0 Å². The van der Waals surface area contributed by atoms with Crippen LogP contribution in [0.4, 0.5) is 14.9 Å². The van der Waals surface area contributed by atoms with Gasteiger partial charge in [-0.15, -0.1) is 0 Å². The lowest BCUT2D eigenvalue weighted by Crippen LogP contribution is -2.30. The fourth-order valence-corrected chi connectivity index (χ4v) is 1.83. The third-order valence-corrected chi connectivity index (χ3v) is 2.62. The molecule has 0 radical (unpaired) electrons. The van der Waals surface area contributed by atoms with E-state index in [1.54, 1.807) is 0 Å². The number of nitrogens with one attached hydrogen (secondary N) is 1. The van der Waals surface area contributed by atoms with Gasteiger partial charge in [0.15, 0.2) is 5.82 Å². The molecule has 3 amide bonds. The predicted octanol–water partition coefficient (Wildman–Crippen LogP) is 2.19. The number of amides is 3. The fourth-order valence-electron chi connectivity index (χ4n) is 1.36. The maximum Gasteiger partial charge on any atom is 0.329 e. The molecular formula is C9H5Cl2FN2O2. The summed E-state index contributed by atoms with van der Waals surface area (Å²) in [5.41, 5.74) is 0.149. The Morgan fingerprint density at radius 1 is 1.25 bits per heavy atom.